The Bertz CT molecular complexity index is 733. The van der Waals surface area contributed by atoms with Gasteiger partial charge in [0.05, 0.1) is 6.61 Å². The molecule has 0 atom stereocenters. The Morgan fingerprint density at radius 1 is 0.750 bits per heavy atom. The smallest absolute Gasteiger partial charge is 0.159 e. The molecule has 0 aliphatic heterocycles. The number of unbranched alkanes of at least 4 members (excludes halogenated alkanes) is 7. The Morgan fingerprint density at radius 2 is 1.38 bits per heavy atom. The lowest BCUT2D eigenvalue weighted by Crippen LogP contribution is -2.13. The number of benzene rings is 1. The van der Waals surface area contributed by atoms with Crippen molar-refractivity contribution in [3.8, 4) is 17.1 Å². The van der Waals surface area contributed by atoms with E-state index in [9.17, 15) is 0 Å². The van der Waals surface area contributed by atoms with Gasteiger partial charge in [0.25, 0.3) is 0 Å². The maximum Gasteiger partial charge on any atom is 0.159 e. The monoisotopic (exact) mass is 436 g/mol. The van der Waals surface area contributed by atoms with Crippen LogP contribution in [0, 0.1) is 5.92 Å². The largest absolute Gasteiger partial charge is 0.494 e. The van der Waals surface area contributed by atoms with Gasteiger partial charge in [-0.3, -0.25) is 0 Å². The van der Waals surface area contributed by atoms with Crippen LogP contribution in [0.5, 0.6) is 5.75 Å². The molecule has 1 aromatic carbocycles. The van der Waals surface area contributed by atoms with Crippen LogP contribution >= 0.6 is 0 Å². The van der Waals surface area contributed by atoms with Crippen LogP contribution < -0.4 is 4.74 Å². The van der Waals surface area contributed by atoms with E-state index in [4.69, 9.17) is 4.74 Å². The maximum atomic E-state index is 5.92. The summed E-state index contributed by atoms with van der Waals surface area (Å²) in [6.45, 7) is 5.36. The van der Waals surface area contributed by atoms with E-state index in [1.54, 1.807) is 0 Å². The van der Waals surface area contributed by atoms with Gasteiger partial charge in [-0.15, -0.1) is 0 Å². The van der Waals surface area contributed by atoms with Crippen LogP contribution in [-0.2, 0) is 0 Å². The second kappa shape index (κ2) is 14.3. The van der Waals surface area contributed by atoms with Crippen LogP contribution in [0.15, 0.2) is 36.7 Å². The number of hydrogen-bond acceptors (Lipinski definition) is 3. The minimum atomic E-state index is 0.643. The highest BCUT2D eigenvalue weighted by atomic mass is 16.5. The third kappa shape index (κ3) is 8.22. The first-order chi connectivity index (χ1) is 15.8. The number of rotatable bonds is 14. The molecule has 2 aromatic rings. The van der Waals surface area contributed by atoms with Gasteiger partial charge in [0, 0.05) is 18.0 Å². The fourth-order valence-corrected chi connectivity index (χ4v) is 4.92. The van der Waals surface area contributed by atoms with Crippen LogP contribution in [0.1, 0.15) is 115 Å². The van der Waals surface area contributed by atoms with E-state index in [1.165, 1.54) is 89.0 Å². The highest BCUT2D eigenvalue weighted by Crippen LogP contribution is 2.37. The average Bonchev–Trinajstić information content (AvgIpc) is 2.85. The van der Waals surface area contributed by atoms with E-state index in [-0.39, 0.29) is 0 Å². The second-order valence-corrected chi connectivity index (χ2v) is 9.69. The Labute approximate surface area is 196 Å². The minimum Gasteiger partial charge on any atom is -0.494 e. The van der Waals surface area contributed by atoms with E-state index in [0.717, 1.165) is 36.1 Å². The Morgan fingerprint density at radius 3 is 2.03 bits per heavy atom. The van der Waals surface area contributed by atoms with Gasteiger partial charge in [0.1, 0.15) is 5.75 Å². The Hall–Kier alpha value is -1.90. The lowest BCUT2D eigenvalue weighted by atomic mass is 9.78. The molecule has 1 aliphatic rings. The van der Waals surface area contributed by atoms with Crippen LogP contribution in [0.25, 0.3) is 11.4 Å². The molecule has 3 heteroatoms. The summed E-state index contributed by atoms with van der Waals surface area (Å²) in [6, 6.07) is 8.25. The molecule has 1 aliphatic carbocycles. The molecule has 1 saturated carbocycles. The molecular formula is C29H44N2O. The highest BCUT2D eigenvalue weighted by molar-refractivity contribution is 5.56. The fraction of sp³-hybridized carbons (Fsp3) is 0.655. The molecular weight excluding hydrogens is 392 g/mol. The van der Waals surface area contributed by atoms with Gasteiger partial charge >= 0.3 is 0 Å². The van der Waals surface area contributed by atoms with Gasteiger partial charge in [0.2, 0.25) is 0 Å². The zero-order chi connectivity index (χ0) is 22.4. The zero-order valence-corrected chi connectivity index (χ0v) is 20.5. The second-order valence-electron chi connectivity index (χ2n) is 9.69. The molecule has 0 bridgehead atoms. The SMILES string of the molecule is CCCCCCCCCOc1ccc(-c2ncc([C@H]3CC[C@H](CCCC)CC3)cn2)cc1. The summed E-state index contributed by atoms with van der Waals surface area (Å²) in [5.41, 5.74) is 2.38. The van der Waals surface area contributed by atoms with Crippen molar-refractivity contribution in [3.05, 3.63) is 42.2 Å². The lowest BCUT2D eigenvalue weighted by Gasteiger charge is -2.28. The summed E-state index contributed by atoms with van der Waals surface area (Å²) in [4.78, 5) is 9.38. The van der Waals surface area contributed by atoms with E-state index in [1.807, 2.05) is 12.1 Å². The molecule has 0 spiro atoms. The van der Waals surface area contributed by atoms with Gasteiger partial charge in [-0.25, -0.2) is 9.97 Å². The summed E-state index contributed by atoms with van der Waals surface area (Å²) in [7, 11) is 0. The van der Waals surface area contributed by atoms with Crippen molar-refractivity contribution < 1.29 is 4.74 Å². The van der Waals surface area contributed by atoms with Crippen molar-refractivity contribution in [1.29, 1.82) is 0 Å². The molecule has 176 valence electrons. The first kappa shape index (κ1) is 24.7. The van der Waals surface area contributed by atoms with Crippen LogP contribution in [0.2, 0.25) is 0 Å². The van der Waals surface area contributed by atoms with E-state index < -0.39 is 0 Å². The van der Waals surface area contributed by atoms with Gasteiger partial charge in [0.15, 0.2) is 5.82 Å². The van der Waals surface area contributed by atoms with E-state index >= 15 is 0 Å². The first-order valence-electron chi connectivity index (χ1n) is 13.3. The first-order valence-corrected chi connectivity index (χ1v) is 13.3. The molecule has 32 heavy (non-hydrogen) atoms. The summed E-state index contributed by atoms with van der Waals surface area (Å²) in [5.74, 6) is 3.34. The van der Waals surface area contributed by atoms with Crippen molar-refractivity contribution >= 4 is 0 Å². The number of ether oxygens (including phenoxy) is 1. The Balaban J connectivity index is 1.39. The summed E-state index contributed by atoms with van der Waals surface area (Å²) < 4.78 is 5.92. The van der Waals surface area contributed by atoms with E-state index in [0.29, 0.717) is 5.92 Å². The van der Waals surface area contributed by atoms with Crippen molar-refractivity contribution in [2.75, 3.05) is 6.61 Å². The van der Waals surface area contributed by atoms with Crippen LogP contribution in [0.4, 0.5) is 0 Å². The van der Waals surface area contributed by atoms with Crippen molar-refractivity contribution in [2.45, 2.75) is 110 Å². The molecule has 0 unspecified atom stereocenters. The van der Waals surface area contributed by atoms with Crippen molar-refractivity contribution in [3.63, 3.8) is 0 Å². The Kier molecular flexibility index (Phi) is 11.0. The molecule has 0 N–H and O–H groups in total. The molecule has 0 saturated heterocycles. The van der Waals surface area contributed by atoms with Gasteiger partial charge < -0.3 is 4.74 Å². The standard InChI is InChI=1S/C29H44N2O/c1-3-5-7-8-9-10-11-21-32-28-19-17-26(18-20-28)29-30-22-27(23-31-29)25-15-13-24(14-16-25)12-6-4-2/h17-20,22-25H,3-16,21H2,1-2H3/t24-,25-. The van der Waals surface area contributed by atoms with Crippen LogP contribution in [-0.4, -0.2) is 16.6 Å². The fourth-order valence-electron chi connectivity index (χ4n) is 4.92. The van der Waals surface area contributed by atoms with Gasteiger partial charge in [-0.05, 0) is 73.8 Å². The zero-order valence-electron chi connectivity index (χ0n) is 20.5. The third-order valence-electron chi connectivity index (χ3n) is 7.09. The molecule has 0 amide bonds. The number of nitrogens with zero attached hydrogens (tertiary/aromatic N) is 2. The van der Waals surface area contributed by atoms with Gasteiger partial charge in [-0.1, -0.05) is 71.6 Å². The minimum absolute atomic E-state index is 0.643. The predicted octanol–water partition coefficient (Wildman–Crippen LogP) is 8.74. The number of hydrogen-bond donors (Lipinski definition) is 0. The molecule has 3 rings (SSSR count). The quantitative estimate of drug-likeness (QED) is 0.278. The number of aromatic nitrogens is 2. The predicted molar refractivity (Wildman–Crippen MR) is 135 cm³/mol. The summed E-state index contributed by atoms with van der Waals surface area (Å²) in [5, 5.41) is 0. The highest BCUT2D eigenvalue weighted by Gasteiger charge is 2.22. The topological polar surface area (TPSA) is 35.0 Å². The van der Waals surface area contributed by atoms with Crippen molar-refractivity contribution in [1.82, 2.24) is 9.97 Å². The van der Waals surface area contributed by atoms with Crippen molar-refractivity contribution in [2.24, 2.45) is 5.92 Å². The maximum absolute atomic E-state index is 5.92. The van der Waals surface area contributed by atoms with Gasteiger partial charge in [-0.2, -0.15) is 0 Å². The molecule has 3 nitrogen and oxygen atoms in total. The normalized spacial score (nSPS) is 18.6. The summed E-state index contributed by atoms with van der Waals surface area (Å²) >= 11 is 0. The lowest BCUT2D eigenvalue weighted by molar-refractivity contribution is 0.304. The molecule has 1 heterocycles. The van der Waals surface area contributed by atoms with E-state index in [2.05, 4.69) is 48.3 Å². The van der Waals surface area contributed by atoms with Crippen LogP contribution in [0.3, 0.4) is 0 Å². The third-order valence-corrected chi connectivity index (χ3v) is 7.09. The molecule has 1 fully saturated rings. The molecule has 0 radical (unpaired) electrons. The summed E-state index contributed by atoms with van der Waals surface area (Å²) in [6.07, 6.45) is 22.7. The molecule has 1 aromatic heterocycles. The average molecular weight is 437 g/mol.